The first-order chi connectivity index (χ1) is 7.09. The van der Waals surface area contributed by atoms with E-state index in [4.69, 9.17) is 0 Å². The van der Waals surface area contributed by atoms with E-state index in [1.54, 1.807) is 6.20 Å². The number of ketones is 2. The van der Waals surface area contributed by atoms with Gasteiger partial charge in [0, 0.05) is 45.1 Å². The summed E-state index contributed by atoms with van der Waals surface area (Å²) in [7, 11) is 1.91. The molecule has 0 spiro atoms. The largest absolute Gasteiger partial charge is 0.338 e. The van der Waals surface area contributed by atoms with Gasteiger partial charge in [0.05, 0.1) is 0 Å². The van der Waals surface area contributed by atoms with Crippen LogP contribution in [0.3, 0.4) is 0 Å². The van der Waals surface area contributed by atoms with Gasteiger partial charge in [0.2, 0.25) is 0 Å². The van der Waals surface area contributed by atoms with E-state index < -0.39 is 0 Å². The van der Waals surface area contributed by atoms with Crippen molar-refractivity contribution in [3.05, 3.63) is 18.2 Å². The minimum Gasteiger partial charge on any atom is -0.338 e. The fourth-order valence-electron chi connectivity index (χ4n) is 1.33. The van der Waals surface area contributed by atoms with Crippen LogP contribution in [0, 0.1) is 0 Å². The van der Waals surface area contributed by atoms with Gasteiger partial charge in [0.25, 0.3) is 0 Å². The first-order valence-corrected chi connectivity index (χ1v) is 5.07. The van der Waals surface area contributed by atoms with Crippen LogP contribution >= 0.6 is 0 Å². The summed E-state index contributed by atoms with van der Waals surface area (Å²) in [5, 5.41) is 0. The van der Waals surface area contributed by atoms with E-state index in [1.807, 2.05) is 17.8 Å². The van der Waals surface area contributed by atoms with Gasteiger partial charge in [0.15, 0.2) is 0 Å². The summed E-state index contributed by atoms with van der Waals surface area (Å²) in [5.41, 5.74) is 0. The molecule has 0 aromatic carbocycles. The molecule has 4 nitrogen and oxygen atoms in total. The van der Waals surface area contributed by atoms with Crippen molar-refractivity contribution in [1.29, 1.82) is 0 Å². The van der Waals surface area contributed by atoms with Gasteiger partial charge in [-0.05, 0) is 6.92 Å². The summed E-state index contributed by atoms with van der Waals surface area (Å²) in [6.07, 6.45) is 5.42. The van der Waals surface area contributed by atoms with Crippen molar-refractivity contribution in [1.82, 2.24) is 9.55 Å². The molecule has 4 heteroatoms. The van der Waals surface area contributed by atoms with Crippen molar-refractivity contribution in [2.45, 2.75) is 32.6 Å². The molecule has 1 heterocycles. The van der Waals surface area contributed by atoms with Gasteiger partial charge in [-0.15, -0.1) is 0 Å². The third kappa shape index (κ3) is 4.06. The van der Waals surface area contributed by atoms with Gasteiger partial charge in [-0.1, -0.05) is 0 Å². The van der Waals surface area contributed by atoms with Crippen LogP contribution in [-0.2, 0) is 23.1 Å². The predicted octanol–water partition coefficient (Wildman–Crippen LogP) is 1.29. The number of hydrogen-bond acceptors (Lipinski definition) is 3. The zero-order valence-corrected chi connectivity index (χ0v) is 9.19. The van der Waals surface area contributed by atoms with E-state index in [0.717, 1.165) is 5.82 Å². The zero-order valence-electron chi connectivity index (χ0n) is 9.19. The molecular formula is C11H16N2O2. The lowest BCUT2D eigenvalue weighted by molar-refractivity contribution is -0.123. The van der Waals surface area contributed by atoms with Gasteiger partial charge in [-0.2, -0.15) is 0 Å². The number of hydrogen-bond donors (Lipinski definition) is 0. The van der Waals surface area contributed by atoms with Crippen LogP contribution in [0.25, 0.3) is 0 Å². The Morgan fingerprint density at radius 1 is 1.33 bits per heavy atom. The van der Waals surface area contributed by atoms with Gasteiger partial charge in [0.1, 0.15) is 17.4 Å². The first kappa shape index (κ1) is 11.6. The lowest BCUT2D eigenvalue weighted by Gasteiger charge is -2.00. The van der Waals surface area contributed by atoms with Crippen molar-refractivity contribution in [2.75, 3.05) is 0 Å². The number of carbonyl (C=O) groups excluding carboxylic acids is 2. The molecule has 0 aliphatic carbocycles. The van der Waals surface area contributed by atoms with Crippen LogP contribution in [0.4, 0.5) is 0 Å². The van der Waals surface area contributed by atoms with Crippen molar-refractivity contribution in [3.8, 4) is 0 Å². The van der Waals surface area contributed by atoms with Crippen molar-refractivity contribution in [3.63, 3.8) is 0 Å². The van der Waals surface area contributed by atoms with Crippen molar-refractivity contribution in [2.24, 2.45) is 7.05 Å². The number of carbonyl (C=O) groups is 2. The SMILES string of the molecule is CC(=O)CCC(=O)CCc1nccn1C. The van der Waals surface area contributed by atoms with Gasteiger partial charge < -0.3 is 9.36 Å². The topological polar surface area (TPSA) is 52.0 Å². The summed E-state index contributed by atoms with van der Waals surface area (Å²) < 4.78 is 1.90. The fourth-order valence-corrected chi connectivity index (χ4v) is 1.33. The standard InChI is InChI=1S/C11H16N2O2/c1-9(14)3-4-10(15)5-6-11-12-7-8-13(11)2/h7-8H,3-6H2,1-2H3. The molecule has 0 fully saturated rings. The summed E-state index contributed by atoms with van der Waals surface area (Å²) in [4.78, 5) is 26.2. The monoisotopic (exact) mass is 208 g/mol. The number of aryl methyl sites for hydroxylation is 2. The van der Waals surface area contributed by atoms with E-state index in [-0.39, 0.29) is 11.6 Å². The highest BCUT2D eigenvalue weighted by Crippen LogP contribution is 2.03. The molecule has 0 saturated heterocycles. The average Bonchev–Trinajstić information content (AvgIpc) is 2.58. The Morgan fingerprint density at radius 2 is 2.07 bits per heavy atom. The molecule has 0 unspecified atom stereocenters. The maximum Gasteiger partial charge on any atom is 0.133 e. The molecule has 0 radical (unpaired) electrons. The van der Waals surface area contributed by atoms with Crippen LogP contribution < -0.4 is 0 Å². The van der Waals surface area contributed by atoms with Crippen LogP contribution in [0.15, 0.2) is 12.4 Å². The molecule has 82 valence electrons. The highest BCUT2D eigenvalue weighted by atomic mass is 16.1. The van der Waals surface area contributed by atoms with Crippen molar-refractivity contribution >= 4 is 11.6 Å². The molecule has 0 atom stereocenters. The van der Waals surface area contributed by atoms with Crippen LogP contribution in [0.1, 0.15) is 32.0 Å². The number of imidazole rings is 1. The van der Waals surface area contributed by atoms with Gasteiger partial charge in [-0.3, -0.25) is 4.79 Å². The zero-order chi connectivity index (χ0) is 11.3. The Morgan fingerprint density at radius 3 is 2.60 bits per heavy atom. The molecule has 0 N–H and O–H groups in total. The summed E-state index contributed by atoms with van der Waals surface area (Å²) in [6, 6.07) is 0. The molecule has 0 bridgehead atoms. The second-order valence-electron chi connectivity index (χ2n) is 3.70. The molecule has 1 aromatic heterocycles. The fraction of sp³-hybridized carbons (Fsp3) is 0.545. The molecule has 1 aromatic rings. The Balaban J connectivity index is 2.28. The van der Waals surface area contributed by atoms with E-state index in [2.05, 4.69) is 4.98 Å². The lowest BCUT2D eigenvalue weighted by Crippen LogP contribution is -2.05. The minimum atomic E-state index is 0.0698. The number of Topliss-reactive ketones (excluding diaryl/α,β-unsaturated/α-hetero) is 2. The first-order valence-electron chi connectivity index (χ1n) is 5.07. The highest BCUT2D eigenvalue weighted by molar-refractivity contribution is 5.84. The average molecular weight is 208 g/mol. The Bertz CT molecular complexity index is 355. The molecule has 1 rings (SSSR count). The second-order valence-corrected chi connectivity index (χ2v) is 3.70. The quantitative estimate of drug-likeness (QED) is 0.707. The van der Waals surface area contributed by atoms with E-state index >= 15 is 0 Å². The molecular weight excluding hydrogens is 192 g/mol. The Hall–Kier alpha value is -1.45. The third-order valence-corrected chi connectivity index (χ3v) is 2.30. The number of nitrogens with zero attached hydrogens (tertiary/aromatic N) is 2. The smallest absolute Gasteiger partial charge is 0.133 e. The van der Waals surface area contributed by atoms with Crippen molar-refractivity contribution < 1.29 is 9.59 Å². The molecule has 0 aliphatic rings. The van der Waals surface area contributed by atoms with E-state index in [0.29, 0.717) is 25.7 Å². The van der Waals surface area contributed by atoms with Crippen LogP contribution in [-0.4, -0.2) is 21.1 Å². The molecule has 0 aliphatic heterocycles. The molecule has 15 heavy (non-hydrogen) atoms. The molecule has 0 saturated carbocycles. The summed E-state index contributed by atoms with van der Waals surface area (Å²) in [5.74, 6) is 1.11. The van der Waals surface area contributed by atoms with Crippen LogP contribution in [0.2, 0.25) is 0 Å². The summed E-state index contributed by atoms with van der Waals surface area (Å²) in [6.45, 7) is 1.51. The van der Waals surface area contributed by atoms with E-state index in [9.17, 15) is 9.59 Å². The van der Waals surface area contributed by atoms with Crippen LogP contribution in [0.5, 0.6) is 0 Å². The van der Waals surface area contributed by atoms with Gasteiger partial charge in [-0.25, -0.2) is 4.98 Å². The predicted molar refractivity (Wildman–Crippen MR) is 56.5 cm³/mol. The maximum absolute atomic E-state index is 11.4. The normalized spacial score (nSPS) is 10.3. The highest BCUT2D eigenvalue weighted by Gasteiger charge is 2.06. The summed E-state index contributed by atoms with van der Waals surface area (Å²) >= 11 is 0. The minimum absolute atomic E-state index is 0.0698. The Kier molecular flexibility index (Phi) is 4.21. The third-order valence-electron chi connectivity index (χ3n) is 2.30. The Labute approximate surface area is 89.3 Å². The van der Waals surface area contributed by atoms with Gasteiger partial charge >= 0.3 is 0 Å². The molecule has 0 amide bonds. The van der Waals surface area contributed by atoms with E-state index in [1.165, 1.54) is 6.92 Å². The lowest BCUT2D eigenvalue weighted by atomic mass is 10.1. The number of aromatic nitrogens is 2. The maximum atomic E-state index is 11.4. The second kappa shape index (κ2) is 5.44. The number of rotatable bonds is 6.